The molecule has 0 spiro atoms. The fraction of sp³-hybridized carbons (Fsp3) is 0.517. The maximum atomic E-state index is 14.4. The van der Waals surface area contributed by atoms with Gasteiger partial charge in [-0.25, -0.2) is 9.18 Å². The van der Waals surface area contributed by atoms with Crippen molar-refractivity contribution in [3.05, 3.63) is 59.4 Å². The van der Waals surface area contributed by atoms with Crippen molar-refractivity contribution in [2.75, 3.05) is 45.2 Å². The van der Waals surface area contributed by atoms with E-state index in [9.17, 15) is 14.0 Å². The minimum Gasteiger partial charge on any atom is -1.00 e. The van der Waals surface area contributed by atoms with Gasteiger partial charge in [-0.15, -0.1) is 0 Å². The number of carbonyl (C=O) groups excluding carboxylic acids is 2. The molecular weight excluding hydrogens is 539 g/mol. The maximum absolute atomic E-state index is 14.4. The summed E-state index contributed by atoms with van der Waals surface area (Å²) in [5, 5.41) is 2.75. The zero-order chi connectivity index (χ0) is 26.4. The number of hydrogen-bond donors (Lipinski definition) is 1. The highest BCUT2D eigenvalue weighted by molar-refractivity contribution is 6.06. The highest BCUT2D eigenvalue weighted by Crippen LogP contribution is 2.24. The molecular formula is C29H42BrFN2O4. The van der Waals surface area contributed by atoms with Crippen molar-refractivity contribution in [1.82, 2.24) is 0 Å². The largest absolute Gasteiger partial charge is 1.00 e. The third-order valence-corrected chi connectivity index (χ3v) is 6.73. The standard InChI is InChI=1S/C29H41FN2O4.BrH/c1-5-8-9-10-11-12-21-35-27-25(14-13-15-26(27)30)28(33)31-24-18-16-23(17-19-24)29(34)36-22-20-32(4,6-2)7-3;/h13-19H,5-12,20-22H2,1-4H3;1H. The fourth-order valence-electron chi connectivity index (χ4n) is 3.76. The molecule has 0 heterocycles. The number of nitrogens with one attached hydrogen (secondary N) is 1. The van der Waals surface area contributed by atoms with E-state index in [0.29, 0.717) is 24.5 Å². The predicted molar refractivity (Wildman–Crippen MR) is 142 cm³/mol. The van der Waals surface area contributed by atoms with Crippen molar-refractivity contribution < 1.29 is 44.9 Å². The number of quaternary nitrogens is 1. The Morgan fingerprint density at radius 3 is 2.19 bits per heavy atom. The Morgan fingerprint density at radius 1 is 0.892 bits per heavy atom. The zero-order valence-electron chi connectivity index (χ0n) is 22.7. The van der Waals surface area contributed by atoms with Crippen molar-refractivity contribution in [3.8, 4) is 5.75 Å². The maximum Gasteiger partial charge on any atom is 0.338 e. The van der Waals surface area contributed by atoms with E-state index in [1.165, 1.54) is 31.4 Å². The molecule has 0 bridgehead atoms. The lowest BCUT2D eigenvalue weighted by Gasteiger charge is -2.31. The number of carbonyl (C=O) groups is 2. The molecule has 8 heteroatoms. The topological polar surface area (TPSA) is 64.6 Å². The summed E-state index contributed by atoms with van der Waals surface area (Å²) in [5.74, 6) is -1.47. The first kappa shape index (κ1) is 32.6. The summed E-state index contributed by atoms with van der Waals surface area (Å²) in [6.45, 7) is 9.81. The number of likely N-dealkylation sites (N-methyl/N-ethyl adjacent to an activating group) is 1. The third-order valence-electron chi connectivity index (χ3n) is 6.73. The van der Waals surface area contributed by atoms with E-state index in [0.717, 1.165) is 43.4 Å². The van der Waals surface area contributed by atoms with Crippen LogP contribution in [0.4, 0.5) is 10.1 Å². The van der Waals surface area contributed by atoms with Crippen molar-refractivity contribution in [1.29, 1.82) is 0 Å². The van der Waals surface area contributed by atoms with Crippen molar-refractivity contribution >= 4 is 17.6 Å². The lowest BCUT2D eigenvalue weighted by Crippen LogP contribution is -3.00. The van der Waals surface area contributed by atoms with Crippen LogP contribution >= 0.6 is 0 Å². The molecule has 37 heavy (non-hydrogen) atoms. The Bertz CT molecular complexity index is 965. The molecule has 0 aromatic heterocycles. The lowest BCUT2D eigenvalue weighted by molar-refractivity contribution is -0.906. The first-order valence-electron chi connectivity index (χ1n) is 13.2. The second kappa shape index (κ2) is 17.1. The third kappa shape index (κ3) is 10.8. The average molecular weight is 582 g/mol. The highest BCUT2D eigenvalue weighted by atomic mass is 79.9. The summed E-state index contributed by atoms with van der Waals surface area (Å²) in [5.41, 5.74) is 1.03. The number of para-hydroxylation sites is 1. The molecule has 1 amide bonds. The molecule has 0 saturated carbocycles. The number of ether oxygens (including phenoxy) is 2. The summed E-state index contributed by atoms with van der Waals surface area (Å²) < 4.78 is 26.4. The molecule has 0 saturated heterocycles. The Kier molecular flexibility index (Phi) is 15.1. The lowest BCUT2D eigenvalue weighted by atomic mass is 10.1. The first-order chi connectivity index (χ1) is 17.3. The number of hydrogen-bond acceptors (Lipinski definition) is 4. The molecule has 1 N–H and O–H groups in total. The van der Waals surface area contributed by atoms with Crippen LogP contribution < -0.4 is 27.0 Å². The molecule has 0 atom stereocenters. The van der Waals surface area contributed by atoms with E-state index >= 15 is 0 Å². The monoisotopic (exact) mass is 580 g/mol. The minimum atomic E-state index is -0.562. The van der Waals surface area contributed by atoms with Gasteiger partial charge in [-0.3, -0.25) is 4.79 Å². The van der Waals surface area contributed by atoms with Gasteiger partial charge in [-0.05, 0) is 56.7 Å². The smallest absolute Gasteiger partial charge is 0.338 e. The fourth-order valence-corrected chi connectivity index (χ4v) is 3.76. The van der Waals surface area contributed by atoms with Crippen LogP contribution in [0.25, 0.3) is 0 Å². The van der Waals surface area contributed by atoms with E-state index in [-0.39, 0.29) is 28.3 Å². The summed E-state index contributed by atoms with van der Waals surface area (Å²) in [6, 6.07) is 10.8. The van der Waals surface area contributed by atoms with E-state index in [4.69, 9.17) is 9.47 Å². The van der Waals surface area contributed by atoms with E-state index in [1.807, 2.05) is 0 Å². The van der Waals surface area contributed by atoms with Gasteiger partial charge in [0.1, 0.15) is 13.2 Å². The number of nitrogens with zero attached hydrogens (tertiary/aromatic N) is 1. The van der Waals surface area contributed by atoms with Crippen LogP contribution in [0.1, 0.15) is 80.0 Å². The van der Waals surface area contributed by atoms with Gasteiger partial charge in [0, 0.05) is 5.69 Å². The SMILES string of the molecule is CCCCCCCCOc1c(F)cccc1C(=O)Nc1ccc(C(=O)OCC[N+](C)(CC)CC)cc1.[Br-]. The highest BCUT2D eigenvalue weighted by Gasteiger charge is 2.19. The number of unbranched alkanes of at least 4 members (excludes halogenated alkanes) is 5. The molecule has 0 aliphatic heterocycles. The van der Waals surface area contributed by atoms with Crippen LogP contribution in [-0.2, 0) is 4.74 Å². The summed E-state index contributed by atoms with van der Waals surface area (Å²) in [7, 11) is 2.13. The molecule has 6 nitrogen and oxygen atoms in total. The second-order valence-corrected chi connectivity index (χ2v) is 9.38. The van der Waals surface area contributed by atoms with Gasteiger partial charge in [0.25, 0.3) is 5.91 Å². The molecule has 0 unspecified atom stereocenters. The average Bonchev–Trinajstić information content (AvgIpc) is 2.89. The molecule has 2 aromatic carbocycles. The second-order valence-electron chi connectivity index (χ2n) is 9.38. The number of rotatable bonds is 16. The predicted octanol–water partition coefficient (Wildman–Crippen LogP) is 3.46. The van der Waals surface area contributed by atoms with Gasteiger partial charge in [-0.2, -0.15) is 0 Å². The first-order valence-corrected chi connectivity index (χ1v) is 13.2. The van der Waals surface area contributed by atoms with Gasteiger partial charge in [-0.1, -0.05) is 45.1 Å². The van der Waals surface area contributed by atoms with Crippen molar-refractivity contribution in [2.45, 2.75) is 59.3 Å². The minimum absolute atomic E-state index is 0. The zero-order valence-corrected chi connectivity index (χ0v) is 24.2. The molecule has 2 rings (SSSR count). The van der Waals surface area contributed by atoms with E-state index in [2.05, 4.69) is 33.1 Å². The van der Waals surface area contributed by atoms with Crippen LogP contribution in [0.3, 0.4) is 0 Å². The Morgan fingerprint density at radius 2 is 1.54 bits per heavy atom. The Balaban J connectivity index is 0.00000684. The van der Waals surface area contributed by atoms with Gasteiger partial charge in [0.15, 0.2) is 11.6 Å². The summed E-state index contributed by atoms with van der Waals surface area (Å²) in [4.78, 5) is 25.2. The Labute approximate surface area is 231 Å². The van der Waals surface area contributed by atoms with Crippen molar-refractivity contribution in [3.63, 3.8) is 0 Å². The number of anilines is 1. The van der Waals surface area contributed by atoms with Gasteiger partial charge < -0.3 is 36.3 Å². The van der Waals surface area contributed by atoms with Gasteiger partial charge >= 0.3 is 5.97 Å². The van der Waals surface area contributed by atoms with Crippen LogP contribution in [0, 0.1) is 5.82 Å². The number of esters is 1. The number of halogens is 2. The van der Waals surface area contributed by atoms with Gasteiger partial charge in [0.05, 0.1) is 37.9 Å². The van der Waals surface area contributed by atoms with E-state index < -0.39 is 17.7 Å². The molecule has 206 valence electrons. The molecule has 0 fully saturated rings. The molecule has 0 aliphatic rings. The quantitative estimate of drug-likeness (QED) is 0.188. The normalized spacial score (nSPS) is 10.9. The summed E-state index contributed by atoms with van der Waals surface area (Å²) in [6.07, 6.45) is 6.55. The van der Waals surface area contributed by atoms with Crippen LogP contribution in [0.5, 0.6) is 5.75 Å². The molecule has 0 aliphatic carbocycles. The molecule has 2 aromatic rings. The summed E-state index contributed by atoms with van der Waals surface area (Å²) >= 11 is 0. The van der Waals surface area contributed by atoms with Crippen LogP contribution in [-0.4, -0.2) is 56.3 Å². The Hall–Kier alpha value is -2.45. The number of amides is 1. The van der Waals surface area contributed by atoms with Crippen molar-refractivity contribution in [2.24, 2.45) is 0 Å². The van der Waals surface area contributed by atoms with E-state index in [1.54, 1.807) is 30.3 Å². The van der Waals surface area contributed by atoms with Crippen LogP contribution in [0.15, 0.2) is 42.5 Å². The van der Waals surface area contributed by atoms with Gasteiger partial charge in [0.2, 0.25) is 0 Å². The van der Waals surface area contributed by atoms with Crippen LogP contribution in [0.2, 0.25) is 0 Å². The molecule has 0 radical (unpaired) electrons. The number of benzene rings is 2.